The molecule has 1 rings (SSSR count). The Morgan fingerprint density at radius 2 is 1.83 bits per heavy atom. The van der Waals surface area contributed by atoms with Crippen LogP contribution in [0.3, 0.4) is 0 Å². The van der Waals surface area contributed by atoms with Crippen LogP contribution in [0.25, 0.3) is 0 Å². The molecule has 4 heteroatoms. The van der Waals surface area contributed by atoms with Crippen molar-refractivity contribution in [3.63, 3.8) is 0 Å². The molecule has 1 radical (unpaired) electrons. The molecule has 0 spiro atoms. The van der Waals surface area contributed by atoms with Gasteiger partial charge in [0, 0.05) is 5.02 Å². The van der Waals surface area contributed by atoms with Crippen molar-refractivity contribution in [3.05, 3.63) is 41.3 Å². The smallest absolute Gasteiger partial charge is 0.166 e. The Balaban J connectivity index is 3.19. The number of hydrogen-bond donors (Lipinski definition) is 0. The first-order chi connectivity index (χ1) is 5.41. The Labute approximate surface area is 73.0 Å². The van der Waals surface area contributed by atoms with Crippen molar-refractivity contribution in [1.82, 2.24) is 0 Å². The molecule has 0 bridgehead atoms. The number of hydrogen-bond acceptors (Lipinski definition) is 0. The molecule has 0 aliphatic carbocycles. The lowest BCUT2D eigenvalue weighted by Gasteiger charge is -2.09. The van der Waals surface area contributed by atoms with E-state index in [0.29, 0.717) is 0 Å². The molecule has 1 aromatic rings. The highest BCUT2D eigenvalue weighted by Gasteiger charge is 2.31. The van der Waals surface area contributed by atoms with Gasteiger partial charge in [-0.3, -0.25) is 0 Å². The zero-order valence-corrected chi connectivity index (χ0v) is 6.71. The molecule has 0 aromatic heterocycles. The Morgan fingerprint density at radius 3 is 2.25 bits per heavy atom. The fourth-order valence-electron chi connectivity index (χ4n) is 0.839. The van der Waals surface area contributed by atoms with Crippen LogP contribution in [0, 0.1) is 6.92 Å². The van der Waals surface area contributed by atoms with Crippen LogP contribution in [0.2, 0.25) is 5.02 Å². The molecule has 0 saturated heterocycles. The van der Waals surface area contributed by atoms with Crippen LogP contribution in [-0.4, -0.2) is 0 Å². The van der Waals surface area contributed by atoms with Crippen molar-refractivity contribution in [3.8, 4) is 0 Å². The molecule has 0 saturated carbocycles. The van der Waals surface area contributed by atoms with Crippen LogP contribution in [-0.2, 0) is 6.18 Å². The molecule has 0 heterocycles. The van der Waals surface area contributed by atoms with Crippen molar-refractivity contribution in [2.45, 2.75) is 6.18 Å². The molecule has 0 aliphatic rings. The fraction of sp³-hybridized carbons (Fsp3) is 0.125. The number of alkyl halides is 3. The van der Waals surface area contributed by atoms with Crippen LogP contribution >= 0.6 is 11.6 Å². The molecule has 0 fully saturated rings. The Morgan fingerprint density at radius 1 is 1.25 bits per heavy atom. The monoisotopic (exact) mass is 193 g/mol. The Kier molecular flexibility index (Phi) is 2.33. The first-order valence-corrected chi connectivity index (χ1v) is 3.48. The molecular formula is C8H5ClF3. The average Bonchev–Trinajstić information content (AvgIpc) is 1.83. The third kappa shape index (κ3) is 1.91. The predicted molar refractivity (Wildman–Crippen MR) is 40.9 cm³/mol. The van der Waals surface area contributed by atoms with Crippen LogP contribution in [0.4, 0.5) is 13.2 Å². The second kappa shape index (κ2) is 2.98. The minimum Gasteiger partial charge on any atom is -0.166 e. The van der Waals surface area contributed by atoms with Gasteiger partial charge < -0.3 is 0 Å². The van der Waals surface area contributed by atoms with E-state index in [2.05, 4.69) is 6.92 Å². The van der Waals surface area contributed by atoms with Crippen molar-refractivity contribution in [2.24, 2.45) is 0 Å². The van der Waals surface area contributed by atoms with E-state index in [1.807, 2.05) is 0 Å². The molecule has 0 aliphatic heterocycles. The van der Waals surface area contributed by atoms with Gasteiger partial charge in [-0.25, -0.2) is 0 Å². The molecule has 0 nitrogen and oxygen atoms in total. The van der Waals surface area contributed by atoms with E-state index in [-0.39, 0.29) is 10.6 Å². The summed E-state index contributed by atoms with van der Waals surface area (Å²) >= 11 is 5.46. The summed E-state index contributed by atoms with van der Waals surface area (Å²) in [6.45, 7) is 3.24. The molecule has 0 atom stereocenters. The van der Waals surface area contributed by atoms with Crippen molar-refractivity contribution in [2.75, 3.05) is 0 Å². The maximum atomic E-state index is 12.1. The Bertz CT molecular complexity index is 291. The number of rotatable bonds is 0. The maximum absolute atomic E-state index is 12.1. The molecule has 65 valence electrons. The summed E-state index contributed by atoms with van der Waals surface area (Å²) < 4.78 is 36.3. The zero-order chi connectivity index (χ0) is 9.35. The first-order valence-electron chi connectivity index (χ1n) is 3.10. The van der Waals surface area contributed by atoms with Crippen molar-refractivity contribution < 1.29 is 13.2 Å². The molecule has 0 N–H and O–H groups in total. The first kappa shape index (κ1) is 9.39. The van der Waals surface area contributed by atoms with Gasteiger partial charge in [0.15, 0.2) is 0 Å². The van der Waals surface area contributed by atoms with Gasteiger partial charge in [-0.05, 0) is 30.7 Å². The van der Waals surface area contributed by atoms with E-state index < -0.39 is 11.7 Å². The summed E-state index contributed by atoms with van der Waals surface area (Å²) in [5, 5.41) is 0.257. The zero-order valence-electron chi connectivity index (χ0n) is 5.95. The summed E-state index contributed by atoms with van der Waals surface area (Å²) in [6, 6.07) is 3.30. The molecule has 0 unspecified atom stereocenters. The van der Waals surface area contributed by atoms with Gasteiger partial charge in [-0.15, -0.1) is 0 Å². The highest BCUT2D eigenvalue weighted by molar-refractivity contribution is 6.30. The second-order valence-electron chi connectivity index (χ2n) is 2.30. The summed E-state index contributed by atoms with van der Waals surface area (Å²) in [7, 11) is 0. The maximum Gasteiger partial charge on any atom is 0.416 e. The van der Waals surface area contributed by atoms with Crippen molar-refractivity contribution in [1.29, 1.82) is 0 Å². The number of halogens is 4. The van der Waals surface area contributed by atoms with Crippen LogP contribution in [0.1, 0.15) is 11.1 Å². The summed E-state index contributed by atoms with van der Waals surface area (Å²) in [6.07, 6.45) is -4.35. The lowest BCUT2D eigenvalue weighted by atomic mass is 10.1. The number of benzene rings is 1. The SMILES string of the molecule is [CH2]c1cc(Cl)ccc1C(F)(F)F. The average molecular weight is 194 g/mol. The van der Waals surface area contributed by atoms with E-state index in [0.717, 1.165) is 6.07 Å². The third-order valence-corrected chi connectivity index (χ3v) is 1.61. The molecule has 1 aromatic carbocycles. The summed E-state index contributed by atoms with van der Waals surface area (Å²) in [4.78, 5) is 0. The predicted octanol–water partition coefficient (Wildman–Crippen LogP) is 3.54. The van der Waals surface area contributed by atoms with Gasteiger partial charge in [0.25, 0.3) is 0 Å². The van der Waals surface area contributed by atoms with Gasteiger partial charge in [0.2, 0.25) is 0 Å². The van der Waals surface area contributed by atoms with Gasteiger partial charge >= 0.3 is 6.18 Å². The minimum atomic E-state index is -4.35. The molecular weight excluding hydrogens is 189 g/mol. The van der Waals surface area contributed by atoms with Gasteiger partial charge in [-0.2, -0.15) is 13.2 Å². The standard InChI is InChI=1S/C8H5ClF3/c1-5-4-6(9)2-3-7(5)8(10,11)12/h2-4H,1H2. The quantitative estimate of drug-likeness (QED) is 0.591. The highest BCUT2D eigenvalue weighted by atomic mass is 35.5. The topological polar surface area (TPSA) is 0 Å². The lowest BCUT2D eigenvalue weighted by Crippen LogP contribution is -2.06. The van der Waals surface area contributed by atoms with Crippen molar-refractivity contribution >= 4 is 11.6 Å². The normalized spacial score (nSPS) is 11.8. The van der Waals surface area contributed by atoms with E-state index >= 15 is 0 Å². The second-order valence-corrected chi connectivity index (χ2v) is 2.74. The largest absolute Gasteiger partial charge is 0.416 e. The summed E-state index contributed by atoms with van der Waals surface area (Å²) in [5.41, 5.74) is -0.845. The molecule has 12 heavy (non-hydrogen) atoms. The summed E-state index contributed by atoms with van der Waals surface area (Å²) in [5.74, 6) is 0. The van der Waals surface area contributed by atoms with E-state index in [9.17, 15) is 13.2 Å². The van der Waals surface area contributed by atoms with Crippen LogP contribution in [0.5, 0.6) is 0 Å². The highest BCUT2D eigenvalue weighted by Crippen LogP contribution is 2.32. The van der Waals surface area contributed by atoms with Crippen LogP contribution < -0.4 is 0 Å². The van der Waals surface area contributed by atoms with E-state index in [1.54, 1.807) is 0 Å². The fourth-order valence-corrected chi connectivity index (χ4v) is 1.03. The minimum absolute atomic E-state index is 0.102. The Hall–Kier alpha value is -0.700. The van der Waals surface area contributed by atoms with Gasteiger partial charge in [-0.1, -0.05) is 11.6 Å². The third-order valence-electron chi connectivity index (χ3n) is 1.37. The van der Waals surface area contributed by atoms with E-state index in [4.69, 9.17) is 11.6 Å². The van der Waals surface area contributed by atoms with E-state index in [1.165, 1.54) is 12.1 Å². The van der Waals surface area contributed by atoms with Gasteiger partial charge in [0.05, 0.1) is 5.56 Å². The molecule has 0 amide bonds. The van der Waals surface area contributed by atoms with Crippen LogP contribution in [0.15, 0.2) is 18.2 Å². The van der Waals surface area contributed by atoms with Gasteiger partial charge in [0.1, 0.15) is 0 Å². The lowest BCUT2D eigenvalue weighted by molar-refractivity contribution is -0.137.